The van der Waals surface area contributed by atoms with Crippen molar-refractivity contribution in [1.82, 2.24) is 5.32 Å². The standard InChI is InChI=1S/C13H15F3N2O4/c14-13(15,16)9-1-3-10(4-2-9)18-12(21)11(20)17-5-7-22-8-6-19/h1-4,19H,5-8H2,(H,17,20)(H,18,21). The lowest BCUT2D eigenvalue weighted by Gasteiger charge is -2.09. The number of benzene rings is 1. The Morgan fingerprint density at radius 2 is 1.73 bits per heavy atom. The maximum Gasteiger partial charge on any atom is 0.416 e. The summed E-state index contributed by atoms with van der Waals surface area (Å²) >= 11 is 0. The van der Waals surface area contributed by atoms with E-state index in [-0.39, 0.29) is 32.1 Å². The van der Waals surface area contributed by atoms with E-state index in [1.807, 2.05) is 0 Å². The normalized spacial score (nSPS) is 11.1. The second kappa shape index (κ2) is 8.35. The van der Waals surface area contributed by atoms with Gasteiger partial charge in [-0.05, 0) is 24.3 Å². The Bertz CT molecular complexity index is 503. The van der Waals surface area contributed by atoms with Crippen LogP contribution < -0.4 is 10.6 Å². The molecule has 0 saturated heterocycles. The highest BCUT2D eigenvalue weighted by Gasteiger charge is 2.30. The van der Waals surface area contributed by atoms with Crippen molar-refractivity contribution in [2.75, 3.05) is 31.7 Å². The second-order valence-electron chi connectivity index (χ2n) is 4.12. The fourth-order valence-electron chi connectivity index (χ4n) is 1.41. The van der Waals surface area contributed by atoms with E-state index < -0.39 is 23.6 Å². The van der Waals surface area contributed by atoms with Gasteiger partial charge < -0.3 is 20.5 Å². The van der Waals surface area contributed by atoms with Crippen molar-refractivity contribution < 1.29 is 32.6 Å². The molecule has 9 heteroatoms. The molecule has 1 aromatic carbocycles. The van der Waals surface area contributed by atoms with Crippen molar-refractivity contribution >= 4 is 17.5 Å². The molecule has 0 aliphatic rings. The molecule has 0 atom stereocenters. The van der Waals surface area contributed by atoms with Crippen molar-refractivity contribution in [3.8, 4) is 0 Å². The zero-order chi connectivity index (χ0) is 16.6. The largest absolute Gasteiger partial charge is 0.416 e. The van der Waals surface area contributed by atoms with Crippen LogP contribution in [0.15, 0.2) is 24.3 Å². The van der Waals surface area contributed by atoms with E-state index in [4.69, 9.17) is 9.84 Å². The zero-order valence-corrected chi connectivity index (χ0v) is 11.4. The van der Waals surface area contributed by atoms with Gasteiger partial charge in [0.05, 0.1) is 25.4 Å². The molecule has 0 aliphatic carbocycles. The summed E-state index contributed by atoms with van der Waals surface area (Å²) in [6, 6.07) is 3.71. The minimum atomic E-state index is -4.46. The number of carbonyl (C=O) groups is 2. The number of nitrogens with one attached hydrogen (secondary N) is 2. The van der Waals surface area contributed by atoms with Gasteiger partial charge in [-0.2, -0.15) is 13.2 Å². The predicted molar refractivity (Wildman–Crippen MR) is 71.0 cm³/mol. The summed E-state index contributed by atoms with van der Waals surface area (Å²) in [4.78, 5) is 22.9. The molecule has 2 amide bonds. The Kier molecular flexibility index (Phi) is 6.80. The molecule has 1 aromatic rings. The van der Waals surface area contributed by atoms with Crippen molar-refractivity contribution in [3.05, 3.63) is 29.8 Å². The van der Waals surface area contributed by atoms with Gasteiger partial charge in [-0.3, -0.25) is 9.59 Å². The first-order chi connectivity index (χ1) is 10.3. The van der Waals surface area contributed by atoms with Crippen molar-refractivity contribution in [1.29, 1.82) is 0 Å². The quantitative estimate of drug-likeness (QED) is 0.534. The Balaban J connectivity index is 2.42. The number of halogens is 3. The number of amides is 2. The van der Waals surface area contributed by atoms with Gasteiger partial charge in [-0.25, -0.2) is 0 Å². The smallest absolute Gasteiger partial charge is 0.394 e. The van der Waals surface area contributed by atoms with Gasteiger partial charge >= 0.3 is 18.0 Å². The minimum absolute atomic E-state index is 0.0687. The van der Waals surface area contributed by atoms with E-state index in [1.54, 1.807) is 0 Å². The summed E-state index contributed by atoms with van der Waals surface area (Å²) in [5, 5.41) is 12.9. The molecule has 0 unspecified atom stereocenters. The molecule has 6 nitrogen and oxygen atoms in total. The molecule has 122 valence electrons. The number of hydrogen-bond acceptors (Lipinski definition) is 4. The number of aliphatic hydroxyl groups is 1. The van der Waals surface area contributed by atoms with Gasteiger partial charge in [-0.15, -0.1) is 0 Å². The summed E-state index contributed by atoms with van der Waals surface area (Å²) in [5.41, 5.74) is -0.777. The van der Waals surface area contributed by atoms with Gasteiger partial charge in [0.15, 0.2) is 0 Å². The summed E-state index contributed by atoms with van der Waals surface area (Å²) in [6.07, 6.45) is -4.46. The van der Waals surface area contributed by atoms with E-state index >= 15 is 0 Å². The molecule has 0 bridgehead atoms. The Labute approximate surface area is 124 Å². The maximum absolute atomic E-state index is 12.4. The van der Waals surface area contributed by atoms with Gasteiger partial charge in [0.2, 0.25) is 0 Å². The molecule has 0 spiro atoms. The Morgan fingerprint density at radius 3 is 2.27 bits per heavy atom. The van der Waals surface area contributed by atoms with Crippen molar-refractivity contribution in [2.45, 2.75) is 6.18 Å². The average Bonchev–Trinajstić information content (AvgIpc) is 2.46. The van der Waals surface area contributed by atoms with Crippen LogP contribution in [0.4, 0.5) is 18.9 Å². The molecule has 0 heterocycles. The van der Waals surface area contributed by atoms with Gasteiger partial charge in [-0.1, -0.05) is 0 Å². The highest BCUT2D eigenvalue weighted by atomic mass is 19.4. The van der Waals surface area contributed by atoms with Crippen LogP contribution in [0.3, 0.4) is 0 Å². The molecule has 0 aromatic heterocycles. The molecule has 1 rings (SSSR count). The van der Waals surface area contributed by atoms with E-state index in [0.29, 0.717) is 0 Å². The number of rotatable bonds is 6. The average molecular weight is 320 g/mol. The van der Waals surface area contributed by atoms with Crippen LogP contribution in [0.1, 0.15) is 5.56 Å². The number of anilines is 1. The lowest BCUT2D eigenvalue weighted by molar-refractivity contribution is -0.137. The first-order valence-electron chi connectivity index (χ1n) is 6.29. The van der Waals surface area contributed by atoms with Crippen LogP contribution in [-0.4, -0.2) is 43.3 Å². The summed E-state index contributed by atoms with van der Waals surface area (Å²) < 4.78 is 42.0. The van der Waals surface area contributed by atoms with Gasteiger partial charge in [0.1, 0.15) is 0 Å². The third-order valence-electron chi connectivity index (χ3n) is 2.44. The predicted octanol–water partition coefficient (Wildman–Crippen LogP) is 0.769. The van der Waals surface area contributed by atoms with Crippen LogP contribution in [-0.2, 0) is 20.5 Å². The van der Waals surface area contributed by atoms with Crippen molar-refractivity contribution in [2.24, 2.45) is 0 Å². The first-order valence-corrected chi connectivity index (χ1v) is 6.29. The molecule has 0 fully saturated rings. The summed E-state index contributed by atoms with van der Waals surface area (Å²) in [6.45, 7) is 0.162. The van der Waals surface area contributed by atoms with E-state index in [1.165, 1.54) is 0 Å². The lowest BCUT2D eigenvalue weighted by atomic mass is 10.2. The number of aliphatic hydroxyl groups excluding tert-OH is 1. The number of alkyl halides is 3. The van der Waals surface area contributed by atoms with Crippen LogP contribution >= 0.6 is 0 Å². The minimum Gasteiger partial charge on any atom is -0.394 e. The fourth-order valence-corrected chi connectivity index (χ4v) is 1.41. The first kappa shape index (κ1) is 17.9. The molecular weight excluding hydrogens is 305 g/mol. The SMILES string of the molecule is O=C(NCCOCCO)C(=O)Nc1ccc(C(F)(F)F)cc1. The van der Waals surface area contributed by atoms with Crippen LogP contribution in [0, 0.1) is 0 Å². The fraction of sp³-hybridized carbons (Fsp3) is 0.385. The van der Waals surface area contributed by atoms with E-state index in [0.717, 1.165) is 24.3 Å². The molecular formula is C13H15F3N2O4. The number of hydrogen-bond donors (Lipinski definition) is 3. The van der Waals surface area contributed by atoms with E-state index in [9.17, 15) is 22.8 Å². The van der Waals surface area contributed by atoms with Crippen molar-refractivity contribution in [3.63, 3.8) is 0 Å². The Morgan fingerprint density at radius 1 is 1.09 bits per heavy atom. The lowest BCUT2D eigenvalue weighted by Crippen LogP contribution is -2.37. The monoisotopic (exact) mass is 320 g/mol. The molecule has 3 N–H and O–H groups in total. The van der Waals surface area contributed by atoms with Gasteiger partial charge in [0.25, 0.3) is 0 Å². The molecule has 0 radical (unpaired) electrons. The molecule has 22 heavy (non-hydrogen) atoms. The molecule has 0 aliphatic heterocycles. The highest BCUT2D eigenvalue weighted by molar-refractivity contribution is 6.39. The summed E-state index contributed by atoms with van der Waals surface area (Å²) in [7, 11) is 0. The van der Waals surface area contributed by atoms with Crippen LogP contribution in [0.2, 0.25) is 0 Å². The number of ether oxygens (including phenoxy) is 1. The maximum atomic E-state index is 12.4. The van der Waals surface area contributed by atoms with Crippen LogP contribution in [0.5, 0.6) is 0 Å². The highest BCUT2D eigenvalue weighted by Crippen LogP contribution is 2.29. The third-order valence-corrected chi connectivity index (χ3v) is 2.44. The van der Waals surface area contributed by atoms with Crippen LogP contribution in [0.25, 0.3) is 0 Å². The number of carbonyl (C=O) groups excluding carboxylic acids is 2. The van der Waals surface area contributed by atoms with Gasteiger partial charge in [0, 0.05) is 12.2 Å². The summed E-state index contributed by atoms with van der Waals surface area (Å²) in [5.74, 6) is -1.94. The van der Waals surface area contributed by atoms with E-state index in [2.05, 4.69) is 10.6 Å². The second-order valence-corrected chi connectivity index (χ2v) is 4.12. The molecule has 0 saturated carbocycles. The third kappa shape index (κ3) is 6.10. The zero-order valence-electron chi connectivity index (χ0n) is 11.4. The topological polar surface area (TPSA) is 87.7 Å². The Hall–Kier alpha value is -2.13.